The van der Waals surface area contributed by atoms with Gasteiger partial charge in [0.25, 0.3) is 0 Å². The SMILES string of the molecule is Cc1cccc(C)c1C(N)C[N]([Fe])CC(N)c1c(C)cccc1C. The summed E-state index contributed by atoms with van der Waals surface area (Å²) in [5.74, 6) is 0. The molecule has 0 bridgehead atoms. The van der Waals surface area contributed by atoms with Crippen LogP contribution in [0.4, 0.5) is 0 Å². The van der Waals surface area contributed by atoms with Crippen LogP contribution in [0.2, 0.25) is 0 Å². The summed E-state index contributed by atoms with van der Waals surface area (Å²) in [7, 11) is 0. The van der Waals surface area contributed by atoms with Crippen molar-refractivity contribution in [2.45, 2.75) is 39.8 Å². The molecular weight excluding hydrogens is 338 g/mol. The molecule has 4 heteroatoms. The predicted octanol–water partition coefficient (Wildman–Crippen LogP) is 3.38. The molecule has 0 heterocycles. The summed E-state index contributed by atoms with van der Waals surface area (Å²) in [6.07, 6.45) is 0. The number of rotatable bonds is 6. The summed E-state index contributed by atoms with van der Waals surface area (Å²) >= 11 is 4.16. The van der Waals surface area contributed by atoms with Gasteiger partial charge in [-0.25, -0.2) is 0 Å². The third-order valence-electron chi connectivity index (χ3n) is 4.61. The molecule has 3 nitrogen and oxygen atoms in total. The van der Waals surface area contributed by atoms with E-state index in [1.165, 1.54) is 33.4 Å². The van der Waals surface area contributed by atoms with Crippen molar-refractivity contribution in [1.29, 1.82) is 0 Å². The fraction of sp³-hybridized carbons (Fsp3) is 0.400. The first-order valence-electron chi connectivity index (χ1n) is 8.34. The summed E-state index contributed by atoms with van der Waals surface area (Å²) in [6, 6.07) is 12.5. The van der Waals surface area contributed by atoms with Gasteiger partial charge in [-0.1, -0.05) is 0 Å². The molecule has 0 amide bonds. The molecule has 0 fully saturated rings. The van der Waals surface area contributed by atoms with E-state index in [-0.39, 0.29) is 12.1 Å². The number of nitrogens with two attached hydrogens (primary N) is 2. The molecule has 2 atom stereocenters. The fourth-order valence-electron chi connectivity index (χ4n) is 3.50. The van der Waals surface area contributed by atoms with Crippen molar-refractivity contribution < 1.29 is 16.2 Å². The van der Waals surface area contributed by atoms with Crippen LogP contribution in [0.5, 0.6) is 0 Å². The van der Waals surface area contributed by atoms with Crippen LogP contribution in [0.15, 0.2) is 36.4 Å². The van der Waals surface area contributed by atoms with Crippen molar-refractivity contribution in [2.24, 2.45) is 11.5 Å². The second kappa shape index (κ2) is 8.28. The van der Waals surface area contributed by atoms with E-state index in [1.54, 1.807) is 0 Å². The number of nitrogens with zero attached hydrogens (tertiary/aromatic N) is 1. The molecule has 24 heavy (non-hydrogen) atoms. The summed E-state index contributed by atoms with van der Waals surface area (Å²) in [5.41, 5.74) is 20.3. The van der Waals surface area contributed by atoms with Gasteiger partial charge in [0.2, 0.25) is 0 Å². The minimum absolute atomic E-state index is 0.0612. The van der Waals surface area contributed by atoms with Gasteiger partial charge in [0.1, 0.15) is 0 Å². The first-order chi connectivity index (χ1) is 11.3. The molecule has 0 saturated heterocycles. The van der Waals surface area contributed by atoms with Crippen LogP contribution in [0, 0.1) is 27.7 Å². The summed E-state index contributed by atoms with van der Waals surface area (Å²) in [5, 5.41) is 0. The first kappa shape index (κ1) is 19.2. The molecule has 2 rings (SSSR count). The molecular formula is C20H28FeN3. The summed E-state index contributed by atoms with van der Waals surface area (Å²) < 4.78 is 1.99. The van der Waals surface area contributed by atoms with Crippen LogP contribution >= 0.6 is 0 Å². The van der Waals surface area contributed by atoms with E-state index in [9.17, 15) is 0 Å². The Morgan fingerprint density at radius 3 is 1.33 bits per heavy atom. The molecule has 2 aromatic carbocycles. The van der Waals surface area contributed by atoms with E-state index in [1.807, 2.05) is 3.92 Å². The zero-order valence-corrected chi connectivity index (χ0v) is 16.1. The van der Waals surface area contributed by atoms with Crippen molar-refractivity contribution in [3.05, 3.63) is 69.8 Å². The third kappa shape index (κ3) is 4.47. The zero-order chi connectivity index (χ0) is 17.9. The minimum atomic E-state index is -0.0612. The van der Waals surface area contributed by atoms with Crippen molar-refractivity contribution >= 4 is 0 Å². The standard InChI is InChI=1S/C20H28N3.Fe/c1-13-7-5-8-14(2)19(13)17(21)11-23-12-18(22)20-15(3)9-6-10-16(20)4;/h5-10,17-18H,11-12,21-22H2,1-4H3;/q-1;+1. The van der Waals surface area contributed by atoms with E-state index in [4.69, 9.17) is 11.5 Å². The van der Waals surface area contributed by atoms with Crippen LogP contribution in [-0.2, 0) is 16.2 Å². The number of benzene rings is 2. The monoisotopic (exact) mass is 366 g/mol. The molecule has 0 spiro atoms. The van der Waals surface area contributed by atoms with Gasteiger partial charge in [0.15, 0.2) is 0 Å². The second-order valence-corrected chi connectivity index (χ2v) is 7.33. The van der Waals surface area contributed by atoms with Crippen LogP contribution in [0.25, 0.3) is 0 Å². The third-order valence-corrected chi connectivity index (χ3v) is 5.01. The Bertz CT molecular complexity index is 599. The zero-order valence-electron chi connectivity index (χ0n) is 15.0. The van der Waals surface area contributed by atoms with E-state index >= 15 is 0 Å². The molecule has 0 aliphatic heterocycles. The molecule has 2 aromatic rings. The Morgan fingerprint density at radius 1 is 0.750 bits per heavy atom. The Morgan fingerprint density at radius 2 is 1.04 bits per heavy atom. The maximum absolute atomic E-state index is 6.45. The molecule has 0 aliphatic carbocycles. The summed E-state index contributed by atoms with van der Waals surface area (Å²) in [6.45, 7) is 9.81. The average Bonchev–Trinajstić information content (AvgIpc) is 2.46. The Kier molecular flexibility index (Phi) is 6.62. The van der Waals surface area contributed by atoms with Crippen LogP contribution in [-0.4, -0.2) is 17.0 Å². The van der Waals surface area contributed by atoms with Gasteiger partial charge in [-0.05, 0) is 0 Å². The first-order valence-corrected chi connectivity index (χ1v) is 8.83. The molecule has 0 aliphatic rings. The quantitative estimate of drug-likeness (QED) is 0.771. The Labute approximate surface area is 154 Å². The van der Waals surface area contributed by atoms with Gasteiger partial charge in [-0.3, -0.25) is 0 Å². The second-order valence-electron chi connectivity index (χ2n) is 6.64. The van der Waals surface area contributed by atoms with E-state index in [0.29, 0.717) is 13.1 Å². The number of hydrogen-bond donors (Lipinski definition) is 2. The van der Waals surface area contributed by atoms with Crippen molar-refractivity contribution in [1.82, 2.24) is 3.92 Å². The van der Waals surface area contributed by atoms with Gasteiger partial charge in [0, 0.05) is 0 Å². The normalized spacial score (nSPS) is 14.0. The predicted molar refractivity (Wildman–Crippen MR) is 97.3 cm³/mol. The van der Waals surface area contributed by atoms with Crippen LogP contribution in [0.1, 0.15) is 45.5 Å². The molecule has 0 radical (unpaired) electrons. The summed E-state index contributed by atoms with van der Waals surface area (Å²) in [4.78, 5) is 0. The topological polar surface area (TPSA) is 55.3 Å². The fourth-order valence-corrected chi connectivity index (χ4v) is 3.93. The van der Waals surface area contributed by atoms with Crippen molar-refractivity contribution in [2.75, 3.05) is 13.1 Å². The maximum atomic E-state index is 6.45. The van der Waals surface area contributed by atoms with Crippen LogP contribution < -0.4 is 11.5 Å². The van der Waals surface area contributed by atoms with Gasteiger partial charge >= 0.3 is 154 Å². The van der Waals surface area contributed by atoms with E-state index in [2.05, 4.69) is 80.3 Å². The van der Waals surface area contributed by atoms with Crippen molar-refractivity contribution in [3.8, 4) is 0 Å². The average molecular weight is 366 g/mol. The van der Waals surface area contributed by atoms with Crippen molar-refractivity contribution in [3.63, 3.8) is 0 Å². The Hall–Kier alpha value is -1.16. The van der Waals surface area contributed by atoms with Gasteiger partial charge in [-0.15, -0.1) is 0 Å². The number of hydrogen-bond acceptors (Lipinski definition) is 3. The number of aryl methyl sites for hydroxylation is 4. The van der Waals surface area contributed by atoms with Gasteiger partial charge < -0.3 is 0 Å². The van der Waals surface area contributed by atoms with Crippen LogP contribution in [0.3, 0.4) is 0 Å². The molecule has 0 aromatic heterocycles. The van der Waals surface area contributed by atoms with E-state index in [0.717, 1.165) is 0 Å². The molecule has 131 valence electrons. The Balaban J connectivity index is 2.06. The molecule has 0 saturated carbocycles. The van der Waals surface area contributed by atoms with E-state index < -0.39 is 0 Å². The molecule has 4 N–H and O–H groups in total. The molecule has 2 unspecified atom stereocenters. The van der Waals surface area contributed by atoms with Gasteiger partial charge in [-0.2, -0.15) is 0 Å². The van der Waals surface area contributed by atoms with Gasteiger partial charge in [0.05, 0.1) is 0 Å².